The fourth-order valence-corrected chi connectivity index (χ4v) is 2.84. The maximum atomic E-state index is 12.1. The van der Waals surface area contributed by atoms with E-state index in [0.29, 0.717) is 17.1 Å². The van der Waals surface area contributed by atoms with E-state index in [4.69, 9.17) is 11.6 Å². The van der Waals surface area contributed by atoms with Gasteiger partial charge < -0.3 is 5.32 Å². The Bertz CT molecular complexity index is 574. The Hall–Kier alpha value is -0.910. The van der Waals surface area contributed by atoms with Crippen molar-refractivity contribution < 1.29 is 4.79 Å². The van der Waals surface area contributed by atoms with Gasteiger partial charge >= 0.3 is 0 Å². The lowest BCUT2D eigenvalue weighted by atomic mass is 10.1. The van der Waals surface area contributed by atoms with Gasteiger partial charge in [0.15, 0.2) is 0 Å². The molecule has 2 aromatic rings. The van der Waals surface area contributed by atoms with Crippen molar-refractivity contribution in [2.75, 3.05) is 6.54 Å². The molecule has 1 heterocycles. The predicted octanol–water partition coefficient (Wildman–Crippen LogP) is 4.09. The predicted molar refractivity (Wildman–Crippen MR) is 82.0 cm³/mol. The average molecular weight is 360 g/mol. The summed E-state index contributed by atoms with van der Waals surface area (Å²) in [6.07, 6.45) is 1.77. The van der Waals surface area contributed by atoms with Gasteiger partial charge in [0.1, 0.15) is 0 Å². The smallest absolute Gasteiger partial charge is 0.252 e. The second-order valence-electron chi connectivity index (χ2n) is 4.11. The van der Waals surface area contributed by atoms with Gasteiger partial charge in [-0.2, -0.15) is 0 Å². The first-order chi connectivity index (χ1) is 9.08. The molecule has 0 saturated carbocycles. The Morgan fingerprint density at radius 3 is 3.05 bits per heavy atom. The van der Waals surface area contributed by atoms with Crippen LogP contribution in [-0.4, -0.2) is 17.4 Å². The molecule has 1 atom stereocenters. The van der Waals surface area contributed by atoms with E-state index in [2.05, 4.69) is 26.2 Å². The molecule has 0 saturated heterocycles. The molecule has 1 N–H and O–H groups in total. The first-order valence-corrected chi connectivity index (χ1v) is 7.75. The highest BCUT2D eigenvalue weighted by atomic mass is 79.9. The molecule has 0 radical (unpaired) electrons. The van der Waals surface area contributed by atoms with Crippen molar-refractivity contribution >= 4 is 44.8 Å². The molecule has 0 spiro atoms. The minimum absolute atomic E-state index is 0.172. The van der Waals surface area contributed by atoms with E-state index in [0.717, 1.165) is 9.48 Å². The van der Waals surface area contributed by atoms with E-state index in [9.17, 15) is 4.79 Å². The third-order valence-corrected chi connectivity index (χ3v) is 4.44. The van der Waals surface area contributed by atoms with Crippen molar-refractivity contribution in [3.63, 3.8) is 0 Å². The topological polar surface area (TPSA) is 42.0 Å². The number of nitrogens with one attached hydrogen (secondary N) is 1. The first-order valence-electron chi connectivity index (χ1n) is 5.70. The quantitative estimate of drug-likeness (QED) is 0.893. The molecule has 0 aliphatic carbocycles. The molecule has 0 aliphatic heterocycles. The molecule has 1 aromatic carbocycles. The van der Waals surface area contributed by atoms with Crippen LogP contribution in [0.15, 0.2) is 34.2 Å². The number of nitrogens with zero attached hydrogens (tertiary/aromatic N) is 1. The molecule has 19 heavy (non-hydrogen) atoms. The maximum absolute atomic E-state index is 12.1. The summed E-state index contributed by atoms with van der Waals surface area (Å²) < 4.78 is 0.829. The third-order valence-electron chi connectivity index (χ3n) is 2.61. The lowest BCUT2D eigenvalue weighted by Crippen LogP contribution is -2.27. The first kappa shape index (κ1) is 14.5. The van der Waals surface area contributed by atoms with E-state index in [1.54, 1.807) is 35.7 Å². The Balaban J connectivity index is 2.00. The van der Waals surface area contributed by atoms with Crippen LogP contribution < -0.4 is 5.32 Å². The van der Waals surface area contributed by atoms with Crippen molar-refractivity contribution in [1.82, 2.24) is 10.3 Å². The van der Waals surface area contributed by atoms with Crippen LogP contribution in [0.3, 0.4) is 0 Å². The van der Waals surface area contributed by atoms with Gasteiger partial charge in [-0.3, -0.25) is 4.79 Å². The van der Waals surface area contributed by atoms with Gasteiger partial charge in [-0.25, -0.2) is 4.98 Å². The van der Waals surface area contributed by atoms with E-state index in [-0.39, 0.29) is 11.8 Å². The second-order valence-corrected chi connectivity index (χ2v) is 6.35. The fourth-order valence-electron chi connectivity index (χ4n) is 1.58. The van der Waals surface area contributed by atoms with Gasteiger partial charge in [-0.15, -0.1) is 11.3 Å². The highest BCUT2D eigenvalue weighted by molar-refractivity contribution is 9.10. The summed E-state index contributed by atoms with van der Waals surface area (Å²) in [5.74, 6) is 0.0181. The van der Waals surface area contributed by atoms with Gasteiger partial charge in [0.2, 0.25) is 0 Å². The molecule has 1 amide bonds. The zero-order valence-corrected chi connectivity index (χ0v) is 13.3. The van der Waals surface area contributed by atoms with Crippen molar-refractivity contribution in [3.05, 3.63) is 49.8 Å². The number of benzene rings is 1. The highest BCUT2D eigenvalue weighted by Crippen LogP contribution is 2.21. The zero-order chi connectivity index (χ0) is 13.8. The molecule has 2 rings (SSSR count). The Kier molecular flexibility index (Phi) is 4.96. The number of aromatic nitrogens is 1. The minimum Gasteiger partial charge on any atom is -0.351 e. The summed E-state index contributed by atoms with van der Waals surface area (Å²) in [5, 5.41) is 6.27. The number of carbonyl (C=O) groups excluding carboxylic acids is 1. The van der Waals surface area contributed by atoms with E-state index in [1.807, 2.05) is 12.3 Å². The monoisotopic (exact) mass is 358 g/mol. The van der Waals surface area contributed by atoms with Gasteiger partial charge in [-0.05, 0) is 18.2 Å². The standard InChI is InChI=1S/C13H12BrClN2OS/c1-8(13-16-4-5-19-13)7-17-12(18)10-6-9(14)2-3-11(10)15/h2-6,8H,7H2,1H3,(H,17,18)/t8-/m0/s1. The molecule has 0 bridgehead atoms. The molecular weight excluding hydrogens is 348 g/mol. The van der Waals surface area contributed by atoms with Gasteiger partial charge in [0, 0.05) is 28.5 Å². The SMILES string of the molecule is C[C@@H](CNC(=O)c1cc(Br)ccc1Cl)c1nccs1. The third kappa shape index (κ3) is 3.78. The lowest BCUT2D eigenvalue weighted by Gasteiger charge is -2.11. The number of rotatable bonds is 4. The van der Waals surface area contributed by atoms with E-state index in [1.165, 1.54) is 0 Å². The Morgan fingerprint density at radius 2 is 2.37 bits per heavy atom. The van der Waals surface area contributed by atoms with Crippen LogP contribution in [0.4, 0.5) is 0 Å². The molecule has 1 aromatic heterocycles. The van der Waals surface area contributed by atoms with Crippen LogP contribution >= 0.6 is 38.9 Å². The van der Waals surface area contributed by atoms with Crippen molar-refractivity contribution in [1.29, 1.82) is 0 Å². The van der Waals surface area contributed by atoms with Gasteiger partial charge in [0.25, 0.3) is 5.91 Å². The summed E-state index contributed by atoms with van der Waals surface area (Å²) in [5.41, 5.74) is 0.474. The minimum atomic E-state index is -0.172. The largest absolute Gasteiger partial charge is 0.351 e. The molecular formula is C13H12BrClN2OS. The maximum Gasteiger partial charge on any atom is 0.252 e. The van der Waals surface area contributed by atoms with Crippen molar-refractivity contribution in [2.24, 2.45) is 0 Å². The molecule has 0 fully saturated rings. The number of carbonyl (C=O) groups is 1. The Morgan fingerprint density at radius 1 is 1.58 bits per heavy atom. The molecule has 3 nitrogen and oxygen atoms in total. The second kappa shape index (κ2) is 6.50. The van der Waals surface area contributed by atoms with E-state index < -0.39 is 0 Å². The van der Waals surface area contributed by atoms with Crippen LogP contribution in [0.1, 0.15) is 28.2 Å². The van der Waals surface area contributed by atoms with Crippen LogP contribution in [0, 0.1) is 0 Å². The summed E-state index contributed by atoms with van der Waals surface area (Å²) in [7, 11) is 0. The van der Waals surface area contributed by atoms with Crippen LogP contribution in [0.2, 0.25) is 5.02 Å². The highest BCUT2D eigenvalue weighted by Gasteiger charge is 2.13. The van der Waals surface area contributed by atoms with Crippen molar-refractivity contribution in [2.45, 2.75) is 12.8 Å². The number of amides is 1. The van der Waals surface area contributed by atoms with Crippen LogP contribution in [0.5, 0.6) is 0 Å². The normalized spacial score (nSPS) is 12.2. The van der Waals surface area contributed by atoms with Crippen LogP contribution in [0.25, 0.3) is 0 Å². The number of hydrogen-bond donors (Lipinski definition) is 1. The molecule has 100 valence electrons. The van der Waals surface area contributed by atoms with Crippen molar-refractivity contribution in [3.8, 4) is 0 Å². The number of thiazole rings is 1. The molecule has 0 unspecified atom stereocenters. The zero-order valence-electron chi connectivity index (χ0n) is 10.2. The van der Waals surface area contributed by atoms with Gasteiger partial charge in [-0.1, -0.05) is 34.5 Å². The fraction of sp³-hybridized carbons (Fsp3) is 0.231. The van der Waals surface area contributed by atoms with E-state index >= 15 is 0 Å². The number of halogens is 2. The molecule has 6 heteroatoms. The average Bonchev–Trinajstić information content (AvgIpc) is 2.92. The van der Waals surface area contributed by atoms with Crippen LogP contribution in [-0.2, 0) is 0 Å². The summed E-state index contributed by atoms with van der Waals surface area (Å²) in [6.45, 7) is 2.57. The summed E-state index contributed by atoms with van der Waals surface area (Å²) >= 11 is 10.9. The Labute approximate surface area is 129 Å². The summed E-state index contributed by atoms with van der Waals surface area (Å²) in [6, 6.07) is 5.22. The summed E-state index contributed by atoms with van der Waals surface area (Å²) in [4.78, 5) is 16.3. The van der Waals surface area contributed by atoms with Gasteiger partial charge in [0.05, 0.1) is 15.6 Å². The lowest BCUT2D eigenvalue weighted by molar-refractivity contribution is 0.0951. The molecule has 0 aliphatic rings. The number of hydrogen-bond acceptors (Lipinski definition) is 3.